The number of carbonyl (C=O) groups is 1. The molecule has 0 amide bonds. The van der Waals surface area contributed by atoms with Crippen LogP contribution in [0, 0.1) is 0 Å². The molecule has 1 aromatic heterocycles. The largest absolute Gasteiger partial charge is 0.465 e. The number of esters is 1. The Balaban J connectivity index is 1.93. The first-order valence-electron chi connectivity index (χ1n) is 7.11. The lowest BCUT2D eigenvalue weighted by Crippen LogP contribution is -2.13. The van der Waals surface area contributed by atoms with Gasteiger partial charge in [-0.15, -0.1) is 0 Å². The fraction of sp³-hybridized carbons (Fsp3) is 0.375. The first kappa shape index (κ1) is 15.3. The van der Waals surface area contributed by atoms with Crippen LogP contribution in [0.4, 0.5) is 0 Å². The van der Waals surface area contributed by atoms with Crippen LogP contribution >= 0.6 is 0 Å². The fourth-order valence-corrected chi connectivity index (χ4v) is 2.05. The minimum Gasteiger partial charge on any atom is -0.465 e. The van der Waals surface area contributed by atoms with Crippen molar-refractivity contribution in [3.63, 3.8) is 0 Å². The summed E-state index contributed by atoms with van der Waals surface area (Å²) < 4.78 is 6.72. The molecule has 0 saturated heterocycles. The minimum atomic E-state index is -0.312. The van der Waals surface area contributed by atoms with Gasteiger partial charge in [0.1, 0.15) is 0 Å². The van der Waals surface area contributed by atoms with Crippen LogP contribution < -0.4 is 5.32 Å². The van der Waals surface area contributed by atoms with Gasteiger partial charge in [0.15, 0.2) is 0 Å². The van der Waals surface area contributed by atoms with E-state index in [2.05, 4.69) is 22.0 Å². The normalized spacial score (nSPS) is 10.6. The number of ether oxygens (including phenoxy) is 1. The maximum atomic E-state index is 11.4. The molecule has 1 heterocycles. The molecule has 0 atom stereocenters. The highest BCUT2D eigenvalue weighted by molar-refractivity contribution is 5.89. The van der Waals surface area contributed by atoms with Crippen molar-refractivity contribution < 1.29 is 9.53 Å². The van der Waals surface area contributed by atoms with Gasteiger partial charge < -0.3 is 14.6 Å². The number of nitrogens with zero attached hydrogens (tertiary/aromatic N) is 2. The number of nitrogens with one attached hydrogen (secondary N) is 1. The lowest BCUT2D eigenvalue weighted by molar-refractivity contribution is 0.0600. The Morgan fingerprint density at radius 3 is 2.76 bits per heavy atom. The molecule has 0 unspecified atom stereocenters. The van der Waals surface area contributed by atoms with Crippen molar-refractivity contribution in [3.05, 3.63) is 53.6 Å². The van der Waals surface area contributed by atoms with Crippen LogP contribution in [-0.4, -0.2) is 29.2 Å². The van der Waals surface area contributed by atoms with Crippen LogP contribution in [0.5, 0.6) is 0 Å². The van der Waals surface area contributed by atoms with Crippen LogP contribution in [-0.2, 0) is 17.8 Å². The van der Waals surface area contributed by atoms with Gasteiger partial charge in [-0.3, -0.25) is 0 Å². The van der Waals surface area contributed by atoms with Gasteiger partial charge in [0.2, 0.25) is 0 Å². The number of imidazole rings is 1. The molecule has 1 N–H and O–H groups in total. The summed E-state index contributed by atoms with van der Waals surface area (Å²) in [4.78, 5) is 15.7. The summed E-state index contributed by atoms with van der Waals surface area (Å²) in [5.41, 5.74) is 2.72. The molecular formula is C16H21N3O2. The van der Waals surface area contributed by atoms with E-state index in [0.717, 1.165) is 37.3 Å². The first-order valence-corrected chi connectivity index (χ1v) is 7.11. The Kier molecular flexibility index (Phi) is 5.51. The Morgan fingerprint density at radius 1 is 1.33 bits per heavy atom. The number of aromatic nitrogens is 2. The van der Waals surface area contributed by atoms with Gasteiger partial charge in [0.25, 0.3) is 0 Å². The van der Waals surface area contributed by atoms with Crippen molar-refractivity contribution in [2.75, 3.05) is 13.7 Å². The molecule has 0 spiro atoms. The molecular weight excluding hydrogens is 266 g/mol. The van der Waals surface area contributed by atoms with Crippen LogP contribution in [0.1, 0.15) is 35.0 Å². The van der Waals surface area contributed by atoms with Gasteiger partial charge in [0, 0.05) is 19.3 Å². The molecule has 0 radical (unpaired) electrons. The third-order valence-corrected chi connectivity index (χ3v) is 3.16. The maximum absolute atomic E-state index is 11.4. The van der Waals surface area contributed by atoms with Crippen molar-refractivity contribution in [3.8, 4) is 0 Å². The lowest BCUT2D eigenvalue weighted by atomic mass is 10.1. The molecule has 0 bridgehead atoms. The van der Waals surface area contributed by atoms with E-state index < -0.39 is 0 Å². The molecule has 5 nitrogen and oxygen atoms in total. The van der Waals surface area contributed by atoms with Crippen molar-refractivity contribution in [2.24, 2.45) is 0 Å². The van der Waals surface area contributed by atoms with E-state index in [4.69, 9.17) is 0 Å². The zero-order chi connectivity index (χ0) is 15.1. The van der Waals surface area contributed by atoms with E-state index in [1.54, 1.807) is 12.1 Å². The molecule has 2 rings (SSSR count). The topological polar surface area (TPSA) is 56.2 Å². The van der Waals surface area contributed by atoms with Crippen molar-refractivity contribution >= 4 is 5.97 Å². The van der Waals surface area contributed by atoms with Crippen molar-refractivity contribution in [1.82, 2.24) is 14.9 Å². The van der Waals surface area contributed by atoms with Gasteiger partial charge in [0.05, 0.1) is 24.7 Å². The standard InChI is InChI=1S/C16H21N3O2/c1-3-8-17-9-15-11-19(12-18-15)10-13-4-6-14(7-5-13)16(20)21-2/h4-7,11-12,17H,3,8-10H2,1-2H3. The van der Waals surface area contributed by atoms with Gasteiger partial charge in [-0.2, -0.15) is 0 Å². The summed E-state index contributed by atoms with van der Waals surface area (Å²) in [6.45, 7) is 4.68. The summed E-state index contributed by atoms with van der Waals surface area (Å²) in [5, 5.41) is 3.33. The van der Waals surface area contributed by atoms with E-state index in [1.165, 1.54) is 7.11 Å². The molecule has 0 fully saturated rings. The van der Waals surface area contributed by atoms with Crippen LogP contribution in [0.3, 0.4) is 0 Å². The Labute approximate surface area is 125 Å². The molecule has 0 saturated carbocycles. The highest BCUT2D eigenvalue weighted by atomic mass is 16.5. The predicted molar refractivity (Wildman–Crippen MR) is 81.1 cm³/mol. The maximum Gasteiger partial charge on any atom is 0.337 e. The number of benzene rings is 1. The molecule has 1 aromatic carbocycles. The van der Waals surface area contributed by atoms with Gasteiger partial charge >= 0.3 is 5.97 Å². The highest BCUT2D eigenvalue weighted by Gasteiger charge is 2.05. The van der Waals surface area contributed by atoms with E-state index in [1.807, 2.05) is 29.2 Å². The summed E-state index contributed by atoms with van der Waals surface area (Å²) in [7, 11) is 1.38. The number of hydrogen-bond donors (Lipinski definition) is 1. The van der Waals surface area contributed by atoms with Crippen LogP contribution in [0.15, 0.2) is 36.8 Å². The zero-order valence-electron chi connectivity index (χ0n) is 12.5. The monoisotopic (exact) mass is 287 g/mol. The van der Waals surface area contributed by atoms with Crippen LogP contribution in [0.25, 0.3) is 0 Å². The third kappa shape index (κ3) is 4.43. The second kappa shape index (κ2) is 7.59. The summed E-state index contributed by atoms with van der Waals surface area (Å²) in [6.07, 6.45) is 4.99. The first-order chi connectivity index (χ1) is 10.2. The summed E-state index contributed by atoms with van der Waals surface area (Å²) in [5.74, 6) is -0.312. The number of methoxy groups -OCH3 is 1. The van der Waals surface area contributed by atoms with E-state index in [0.29, 0.717) is 5.56 Å². The fourth-order valence-electron chi connectivity index (χ4n) is 2.05. The molecule has 5 heteroatoms. The molecule has 21 heavy (non-hydrogen) atoms. The van der Waals surface area contributed by atoms with Gasteiger partial charge in [-0.1, -0.05) is 19.1 Å². The molecule has 2 aromatic rings. The quantitative estimate of drug-likeness (QED) is 0.626. The Bertz CT molecular complexity index is 575. The molecule has 112 valence electrons. The lowest BCUT2D eigenvalue weighted by Gasteiger charge is -2.04. The second-order valence-electron chi connectivity index (χ2n) is 4.90. The Hall–Kier alpha value is -2.14. The zero-order valence-corrected chi connectivity index (χ0v) is 12.5. The van der Waals surface area contributed by atoms with Gasteiger partial charge in [-0.25, -0.2) is 9.78 Å². The highest BCUT2D eigenvalue weighted by Crippen LogP contribution is 2.08. The van der Waals surface area contributed by atoms with E-state index >= 15 is 0 Å². The van der Waals surface area contributed by atoms with Crippen LogP contribution in [0.2, 0.25) is 0 Å². The third-order valence-electron chi connectivity index (χ3n) is 3.16. The minimum absolute atomic E-state index is 0.312. The molecule has 0 aliphatic carbocycles. The van der Waals surface area contributed by atoms with E-state index in [9.17, 15) is 4.79 Å². The van der Waals surface area contributed by atoms with Gasteiger partial charge in [-0.05, 0) is 30.7 Å². The summed E-state index contributed by atoms with van der Waals surface area (Å²) in [6, 6.07) is 7.42. The van der Waals surface area contributed by atoms with Crippen molar-refractivity contribution in [2.45, 2.75) is 26.4 Å². The Morgan fingerprint density at radius 2 is 2.10 bits per heavy atom. The molecule has 0 aliphatic heterocycles. The number of carbonyl (C=O) groups excluding carboxylic acids is 1. The smallest absolute Gasteiger partial charge is 0.337 e. The number of rotatable bonds is 7. The molecule has 0 aliphatic rings. The summed E-state index contributed by atoms with van der Waals surface area (Å²) >= 11 is 0. The average molecular weight is 287 g/mol. The average Bonchev–Trinajstić information content (AvgIpc) is 2.95. The SMILES string of the molecule is CCCNCc1cn(Cc2ccc(C(=O)OC)cc2)cn1. The second-order valence-corrected chi connectivity index (χ2v) is 4.90. The predicted octanol–water partition coefficient (Wildman–Crippen LogP) is 2.22. The van der Waals surface area contributed by atoms with E-state index in [-0.39, 0.29) is 5.97 Å². The van der Waals surface area contributed by atoms with Crippen molar-refractivity contribution in [1.29, 1.82) is 0 Å². The number of hydrogen-bond acceptors (Lipinski definition) is 4.